The molecule has 0 heterocycles. The minimum atomic E-state index is -0.302. The summed E-state index contributed by atoms with van der Waals surface area (Å²) in [4.78, 5) is 21.7. The van der Waals surface area contributed by atoms with E-state index in [4.69, 9.17) is 4.74 Å². The van der Waals surface area contributed by atoms with Crippen LogP contribution in [0.3, 0.4) is 0 Å². The van der Waals surface area contributed by atoms with Crippen LogP contribution >= 0.6 is 0 Å². The van der Waals surface area contributed by atoms with Gasteiger partial charge in [0.2, 0.25) is 5.91 Å². The molecule has 0 saturated heterocycles. The smallest absolute Gasteiger partial charge is 0.302 e. The highest BCUT2D eigenvalue weighted by atomic mass is 16.5. The summed E-state index contributed by atoms with van der Waals surface area (Å²) in [7, 11) is 0. The standard InChI is InChI=1S/C12H15NO3/c1-3-12(15)13-11-6-4-10(5-7-11)8-16-9(2)14/h4-7H,3,8H2,1-2H3,(H,13,15). The Hall–Kier alpha value is -1.84. The fourth-order valence-corrected chi connectivity index (χ4v) is 1.12. The van der Waals surface area contributed by atoms with Crippen LogP contribution in [0.2, 0.25) is 0 Å². The quantitative estimate of drug-likeness (QED) is 0.792. The molecule has 0 aliphatic rings. The Kier molecular flexibility index (Phi) is 4.51. The molecular formula is C12H15NO3. The minimum absolute atomic E-state index is 0.0206. The average Bonchev–Trinajstić information content (AvgIpc) is 2.28. The summed E-state index contributed by atoms with van der Waals surface area (Å²) >= 11 is 0. The average molecular weight is 221 g/mol. The van der Waals surface area contributed by atoms with E-state index in [9.17, 15) is 9.59 Å². The molecule has 0 fully saturated rings. The van der Waals surface area contributed by atoms with Crippen molar-refractivity contribution in [2.75, 3.05) is 5.32 Å². The van der Waals surface area contributed by atoms with E-state index < -0.39 is 0 Å². The van der Waals surface area contributed by atoms with Crippen LogP contribution in [0.5, 0.6) is 0 Å². The Morgan fingerprint density at radius 3 is 2.38 bits per heavy atom. The molecule has 86 valence electrons. The first kappa shape index (κ1) is 12.2. The molecule has 0 aliphatic heterocycles. The van der Waals surface area contributed by atoms with E-state index >= 15 is 0 Å². The highest BCUT2D eigenvalue weighted by Gasteiger charge is 2.00. The molecule has 1 amide bonds. The second-order valence-corrected chi connectivity index (χ2v) is 3.38. The van der Waals surface area contributed by atoms with E-state index in [0.717, 1.165) is 11.3 Å². The Morgan fingerprint density at radius 1 is 1.25 bits per heavy atom. The predicted octanol–water partition coefficient (Wildman–Crippen LogP) is 2.10. The maximum absolute atomic E-state index is 11.1. The van der Waals surface area contributed by atoms with E-state index in [0.29, 0.717) is 6.42 Å². The lowest BCUT2D eigenvalue weighted by Crippen LogP contribution is -2.09. The molecule has 1 aromatic rings. The summed E-state index contributed by atoms with van der Waals surface area (Å²) in [5.74, 6) is -0.323. The van der Waals surface area contributed by atoms with Gasteiger partial charge in [0.1, 0.15) is 6.61 Å². The monoisotopic (exact) mass is 221 g/mol. The van der Waals surface area contributed by atoms with Gasteiger partial charge in [-0.2, -0.15) is 0 Å². The molecular weight excluding hydrogens is 206 g/mol. The second kappa shape index (κ2) is 5.90. The fraction of sp³-hybridized carbons (Fsp3) is 0.333. The SMILES string of the molecule is CCC(=O)Nc1ccc(COC(C)=O)cc1. The van der Waals surface area contributed by atoms with Gasteiger partial charge in [0.05, 0.1) is 0 Å². The Bertz CT molecular complexity index is 370. The maximum Gasteiger partial charge on any atom is 0.302 e. The molecule has 0 aromatic heterocycles. The number of amides is 1. The van der Waals surface area contributed by atoms with Crippen molar-refractivity contribution >= 4 is 17.6 Å². The molecule has 16 heavy (non-hydrogen) atoms. The van der Waals surface area contributed by atoms with Crippen LogP contribution in [-0.2, 0) is 20.9 Å². The predicted molar refractivity (Wildman–Crippen MR) is 60.8 cm³/mol. The zero-order chi connectivity index (χ0) is 12.0. The molecule has 0 aliphatic carbocycles. The van der Waals surface area contributed by atoms with Gasteiger partial charge in [-0.05, 0) is 17.7 Å². The lowest BCUT2D eigenvalue weighted by atomic mass is 10.2. The summed E-state index contributed by atoms with van der Waals surface area (Å²) < 4.78 is 4.84. The first-order chi connectivity index (χ1) is 7.61. The van der Waals surface area contributed by atoms with Gasteiger partial charge in [-0.1, -0.05) is 19.1 Å². The molecule has 1 N–H and O–H groups in total. The highest BCUT2D eigenvalue weighted by Crippen LogP contribution is 2.10. The molecule has 0 spiro atoms. The van der Waals surface area contributed by atoms with Crippen LogP contribution in [-0.4, -0.2) is 11.9 Å². The topological polar surface area (TPSA) is 55.4 Å². The van der Waals surface area contributed by atoms with Gasteiger partial charge in [0, 0.05) is 19.0 Å². The van der Waals surface area contributed by atoms with Gasteiger partial charge < -0.3 is 10.1 Å². The summed E-state index contributed by atoms with van der Waals surface area (Å²) in [5, 5.41) is 2.74. The molecule has 0 unspecified atom stereocenters. The summed E-state index contributed by atoms with van der Waals surface area (Å²) in [6.07, 6.45) is 0.454. The Labute approximate surface area is 94.6 Å². The molecule has 1 aromatic carbocycles. The summed E-state index contributed by atoms with van der Waals surface area (Å²) in [6, 6.07) is 7.20. The van der Waals surface area contributed by atoms with Crippen molar-refractivity contribution < 1.29 is 14.3 Å². The first-order valence-electron chi connectivity index (χ1n) is 5.14. The third-order valence-corrected chi connectivity index (χ3v) is 2.00. The summed E-state index contributed by atoms with van der Waals surface area (Å²) in [5.41, 5.74) is 1.64. The van der Waals surface area contributed by atoms with Crippen LogP contribution < -0.4 is 5.32 Å². The summed E-state index contributed by atoms with van der Waals surface area (Å²) in [6.45, 7) is 3.43. The van der Waals surface area contributed by atoms with Crippen molar-refractivity contribution in [1.82, 2.24) is 0 Å². The van der Waals surface area contributed by atoms with Crippen molar-refractivity contribution in [2.45, 2.75) is 26.9 Å². The van der Waals surface area contributed by atoms with Crippen molar-refractivity contribution in [1.29, 1.82) is 0 Å². The van der Waals surface area contributed by atoms with Gasteiger partial charge >= 0.3 is 5.97 Å². The molecule has 4 nitrogen and oxygen atoms in total. The van der Waals surface area contributed by atoms with E-state index in [1.54, 1.807) is 19.1 Å². The van der Waals surface area contributed by atoms with E-state index in [1.165, 1.54) is 6.92 Å². The van der Waals surface area contributed by atoms with Crippen LogP contribution in [0.15, 0.2) is 24.3 Å². The fourth-order valence-electron chi connectivity index (χ4n) is 1.12. The molecule has 0 atom stereocenters. The molecule has 0 bridgehead atoms. The third kappa shape index (κ3) is 4.13. The van der Waals surface area contributed by atoms with Crippen molar-refractivity contribution in [3.05, 3.63) is 29.8 Å². The number of anilines is 1. The highest BCUT2D eigenvalue weighted by molar-refractivity contribution is 5.90. The molecule has 0 saturated carbocycles. The van der Waals surface area contributed by atoms with Gasteiger partial charge in [0.25, 0.3) is 0 Å². The molecule has 1 rings (SSSR count). The number of ether oxygens (including phenoxy) is 1. The van der Waals surface area contributed by atoms with Crippen LogP contribution in [0.25, 0.3) is 0 Å². The number of carbonyl (C=O) groups is 2. The van der Waals surface area contributed by atoms with Gasteiger partial charge in [-0.15, -0.1) is 0 Å². The second-order valence-electron chi connectivity index (χ2n) is 3.38. The van der Waals surface area contributed by atoms with Gasteiger partial charge in [0.15, 0.2) is 0 Å². The van der Waals surface area contributed by atoms with Crippen LogP contribution in [0, 0.1) is 0 Å². The van der Waals surface area contributed by atoms with Gasteiger partial charge in [-0.25, -0.2) is 0 Å². The minimum Gasteiger partial charge on any atom is -0.461 e. The zero-order valence-corrected chi connectivity index (χ0v) is 9.45. The van der Waals surface area contributed by atoms with Crippen molar-refractivity contribution in [2.24, 2.45) is 0 Å². The van der Waals surface area contributed by atoms with Crippen molar-refractivity contribution in [3.8, 4) is 0 Å². The molecule has 0 radical (unpaired) electrons. The van der Waals surface area contributed by atoms with Gasteiger partial charge in [-0.3, -0.25) is 9.59 Å². The first-order valence-corrected chi connectivity index (χ1v) is 5.14. The number of hydrogen-bond acceptors (Lipinski definition) is 3. The third-order valence-electron chi connectivity index (χ3n) is 2.00. The maximum atomic E-state index is 11.1. The zero-order valence-electron chi connectivity index (χ0n) is 9.45. The number of benzene rings is 1. The lowest BCUT2D eigenvalue weighted by Gasteiger charge is -2.05. The van der Waals surface area contributed by atoms with E-state index in [2.05, 4.69) is 5.32 Å². The number of hydrogen-bond donors (Lipinski definition) is 1. The Balaban J connectivity index is 2.54. The van der Waals surface area contributed by atoms with E-state index in [-0.39, 0.29) is 18.5 Å². The van der Waals surface area contributed by atoms with Crippen molar-refractivity contribution in [3.63, 3.8) is 0 Å². The number of esters is 1. The number of carbonyl (C=O) groups excluding carboxylic acids is 2. The Morgan fingerprint density at radius 2 is 1.88 bits per heavy atom. The number of rotatable bonds is 4. The largest absolute Gasteiger partial charge is 0.461 e. The van der Waals surface area contributed by atoms with E-state index in [1.807, 2.05) is 12.1 Å². The van der Waals surface area contributed by atoms with Crippen LogP contribution in [0.1, 0.15) is 25.8 Å². The van der Waals surface area contributed by atoms with Crippen LogP contribution in [0.4, 0.5) is 5.69 Å². The normalized spacial score (nSPS) is 9.62. The molecule has 4 heteroatoms. The lowest BCUT2D eigenvalue weighted by molar-refractivity contribution is -0.142. The number of nitrogens with one attached hydrogen (secondary N) is 1.